The first-order chi connectivity index (χ1) is 9.34. The summed E-state index contributed by atoms with van der Waals surface area (Å²) in [4.78, 5) is 13.9. The van der Waals surface area contributed by atoms with Gasteiger partial charge in [0.2, 0.25) is 0 Å². The number of carbonyl (C=O) groups excluding carboxylic acids is 1. The van der Waals surface area contributed by atoms with E-state index < -0.39 is 0 Å². The Hall–Kier alpha value is -1.75. The van der Waals surface area contributed by atoms with Crippen molar-refractivity contribution in [3.05, 3.63) is 24.3 Å². The minimum absolute atomic E-state index is 0.0241. The van der Waals surface area contributed by atoms with E-state index in [1.807, 2.05) is 24.3 Å². The number of fused-ring (bicyclic) bond motifs is 1. The van der Waals surface area contributed by atoms with Crippen LogP contribution < -0.4 is 15.5 Å². The normalized spacial score (nSPS) is 18.8. The standard InChI is InChI=1S/C14H19N3O2/c18-14(15-9-11-5-7-19-8-6-11)17-10-16-12-3-1-2-4-13(12)17/h1-4,11,16H,5-10H2,(H,15,18). The Kier molecular flexibility index (Phi) is 3.55. The Morgan fingerprint density at radius 2 is 2.16 bits per heavy atom. The van der Waals surface area contributed by atoms with Gasteiger partial charge in [-0.3, -0.25) is 4.90 Å². The van der Waals surface area contributed by atoms with Gasteiger partial charge >= 0.3 is 6.03 Å². The molecular formula is C14H19N3O2. The number of nitrogens with one attached hydrogen (secondary N) is 2. The molecule has 1 aromatic rings. The predicted molar refractivity (Wildman–Crippen MR) is 74.4 cm³/mol. The fourth-order valence-electron chi connectivity index (χ4n) is 2.57. The van der Waals surface area contributed by atoms with E-state index in [1.165, 1.54) is 0 Å². The van der Waals surface area contributed by atoms with Gasteiger partial charge in [0, 0.05) is 19.8 Å². The van der Waals surface area contributed by atoms with Crippen molar-refractivity contribution < 1.29 is 9.53 Å². The highest BCUT2D eigenvalue weighted by atomic mass is 16.5. The number of amides is 2. The molecule has 2 aliphatic heterocycles. The minimum Gasteiger partial charge on any atom is -0.381 e. The molecule has 2 aliphatic rings. The number of rotatable bonds is 2. The number of para-hydroxylation sites is 2. The monoisotopic (exact) mass is 261 g/mol. The third-order valence-electron chi connectivity index (χ3n) is 3.75. The third kappa shape index (κ3) is 2.66. The molecule has 1 fully saturated rings. The van der Waals surface area contributed by atoms with E-state index in [0.29, 0.717) is 12.6 Å². The van der Waals surface area contributed by atoms with Crippen molar-refractivity contribution in [2.75, 3.05) is 36.6 Å². The molecule has 0 spiro atoms. The predicted octanol–water partition coefficient (Wildman–Crippen LogP) is 2.01. The summed E-state index contributed by atoms with van der Waals surface area (Å²) in [5.74, 6) is 0.545. The van der Waals surface area contributed by atoms with Crippen LogP contribution in [0.5, 0.6) is 0 Å². The Morgan fingerprint density at radius 3 is 3.00 bits per heavy atom. The number of hydrogen-bond acceptors (Lipinski definition) is 3. The first-order valence-corrected chi connectivity index (χ1v) is 6.80. The maximum absolute atomic E-state index is 12.2. The average Bonchev–Trinajstić information content (AvgIpc) is 2.90. The number of urea groups is 1. The molecule has 102 valence electrons. The minimum atomic E-state index is -0.0241. The Labute approximate surface area is 112 Å². The number of hydrogen-bond donors (Lipinski definition) is 2. The summed E-state index contributed by atoms with van der Waals surface area (Å²) < 4.78 is 5.32. The second-order valence-corrected chi connectivity index (χ2v) is 5.02. The highest BCUT2D eigenvalue weighted by Crippen LogP contribution is 2.30. The van der Waals surface area contributed by atoms with E-state index in [4.69, 9.17) is 4.74 Å². The molecule has 0 aliphatic carbocycles. The van der Waals surface area contributed by atoms with Crippen molar-refractivity contribution in [1.82, 2.24) is 5.32 Å². The molecule has 2 amide bonds. The fourth-order valence-corrected chi connectivity index (χ4v) is 2.57. The van der Waals surface area contributed by atoms with Gasteiger partial charge in [0.25, 0.3) is 0 Å². The van der Waals surface area contributed by atoms with Crippen LogP contribution in [0.1, 0.15) is 12.8 Å². The zero-order valence-corrected chi connectivity index (χ0v) is 10.9. The molecule has 0 radical (unpaired) electrons. The van der Waals surface area contributed by atoms with Crippen LogP contribution >= 0.6 is 0 Å². The maximum Gasteiger partial charge on any atom is 0.323 e. The molecular weight excluding hydrogens is 242 g/mol. The largest absolute Gasteiger partial charge is 0.381 e. The molecule has 5 nitrogen and oxygen atoms in total. The Balaban J connectivity index is 1.56. The van der Waals surface area contributed by atoms with Gasteiger partial charge < -0.3 is 15.4 Å². The van der Waals surface area contributed by atoms with E-state index in [2.05, 4.69) is 10.6 Å². The van der Waals surface area contributed by atoms with Crippen LogP contribution in [-0.4, -0.2) is 32.5 Å². The van der Waals surface area contributed by atoms with Crippen LogP contribution in [0.3, 0.4) is 0 Å². The molecule has 0 bridgehead atoms. The van der Waals surface area contributed by atoms with E-state index in [0.717, 1.165) is 44.0 Å². The summed E-state index contributed by atoms with van der Waals surface area (Å²) in [5.41, 5.74) is 1.97. The summed E-state index contributed by atoms with van der Waals surface area (Å²) >= 11 is 0. The van der Waals surface area contributed by atoms with Gasteiger partial charge in [-0.05, 0) is 30.9 Å². The Morgan fingerprint density at radius 1 is 1.37 bits per heavy atom. The molecule has 1 saturated heterocycles. The van der Waals surface area contributed by atoms with Gasteiger partial charge in [-0.15, -0.1) is 0 Å². The first-order valence-electron chi connectivity index (χ1n) is 6.80. The van der Waals surface area contributed by atoms with Crippen molar-refractivity contribution >= 4 is 17.4 Å². The number of benzene rings is 1. The van der Waals surface area contributed by atoms with Crippen molar-refractivity contribution in [3.8, 4) is 0 Å². The van der Waals surface area contributed by atoms with Crippen molar-refractivity contribution in [1.29, 1.82) is 0 Å². The second-order valence-electron chi connectivity index (χ2n) is 5.02. The summed E-state index contributed by atoms with van der Waals surface area (Å²) in [6, 6.07) is 7.84. The highest BCUT2D eigenvalue weighted by molar-refractivity contribution is 5.98. The number of nitrogens with zero attached hydrogens (tertiary/aromatic N) is 1. The molecule has 2 N–H and O–H groups in total. The van der Waals surface area contributed by atoms with Gasteiger partial charge in [-0.1, -0.05) is 12.1 Å². The first kappa shape index (κ1) is 12.3. The number of anilines is 2. The zero-order valence-electron chi connectivity index (χ0n) is 10.9. The third-order valence-corrected chi connectivity index (χ3v) is 3.75. The van der Waals surface area contributed by atoms with Crippen molar-refractivity contribution in [2.24, 2.45) is 5.92 Å². The molecule has 5 heteroatoms. The van der Waals surface area contributed by atoms with Crippen LogP contribution in [0.2, 0.25) is 0 Å². The summed E-state index contributed by atoms with van der Waals surface area (Å²) in [6.07, 6.45) is 2.07. The number of ether oxygens (including phenoxy) is 1. The van der Waals surface area contributed by atoms with Crippen molar-refractivity contribution in [3.63, 3.8) is 0 Å². The molecule has 0 saturated carbocycles. The summed E-state index contributed by atoms with van der Waals surface area (Å²) in [5, 5.41) is 6.24. The zero-order chi connectivity index (χ0) is 13.1. The van der Waals surface area contributed by atoms with Crippen molar-refractivity contribution in [2.45, 2.75) is 12.8 Å². The van der Waals surface area contributed by atoms with Crippen LogP contribution in [-0.2, 0) is 4.74 Å². The average molecular weight is 261 g/mol. The van der Waals surface area contributed by atoms with Crippen LogP contribution in [0.25, 0.3) is 0 Å². The molecule has 19 heavy (non-hydrogen) atoms. The quantitative estimate of drug-likeness (QED) is 0.856. The van der Waals surface area contributed by atoms with Gasteiger partial charge in [-0.2, -0.15) is 0 Å². The fraction of sp³-hybridized carbons (Fsp3) is 0.500. The van der Waals surface area contributed by atoms with Crippen LogP contribution in [0.4, 0.5) is 16.2 Å². The lowest BCUT2D eigenvalue weighted by Crippen LogP contribution is -2.42. The van der Waals surface area contributed by atoms with Gasteiger partial charge in [0.1, 0.15) is 0 Å². The van der Waals surface area contributed by atoms with Crippen LogP contribution in [0.15, 0.2) is 24.3 Å². The molecule has 0 atom stereocenters. The molecule has 1 aromatic carbocycles. The topological polar surface area (TPSA) is 53.6 Å². The second kappa shape index (κ2) is 5.48. The van der Waals surface area contributed by atoms with E-state index in [1.54, 1.807) is 4.90 Å². The molecule has 0 aromatic heterocycles. The molecule has 2 heterocycles. The lowest BCUT2D eigenvalue weighted by atomic mass is 10.0. The van der Waals surface area contributed by atoms with Gasteiger partial charge in [-0.25, -0.2) is 4.79 Å². The lowest BCUT2D eigenvalue weighted by molar-refractivity contribution is 0.0670. The van der Waals surface area contributed by atoms with E-state index in [-0.39, 0.29) is 6.03 Å². The van der Waals surface area contributed by atoms with Gasteiger partial charge in [0.15, 0.2) is 0 Å². The summed E-state index contributed by atoms with van der Waals surface area (Å²) in [7, 11) is 0. The number of carbonyl (C=O) groups is 1. The maximum atomic E-state index is 12.2. The van der Waals surface area contributed by atoms with Crippen LogP contribution in [0, 0.1) is 5.92 Å². The highest BCUT2D eigenvalue weighted by Gasteiger charge is 2.24. The smallest absolute Gasteiger partial charge is 0.323 e. The van der Waals surface area contributed by atoms with E-state index >= 15 is 0 Å². The molecule has 3 rings (SSSR count). The van der Waals surface area contributed by atoms with E-state index in [9.17, 15) is 4.79 Å². The Bertz CT molecular complexity index is 458. The molecule has 0 unspecified atom stereocenters. The lowest BCUT2D eigenvalue weighted by Gasteiger charge is -2.24. The summed E-state index contributed by atoms with van der Waals surface area (Å²) in [6.45, 7) is 2.91. The SMILES string of the molecule is O=C(NCC1CCOCC1)N1CNc2ccccc21. The van der Waals surface area contributed by atoms with Gasteiger partial charge in [0.05, 0.1) is 18.0 Å².